The summed E-state index contributed by atoms with van der Waals surface area (Å²) < 4.78 is 5.41. The van der Waals surface area contributed by atoms with Gasteiger partial charge >= 0.3 is 0 Å². The lowest BCUT2D eigenvalue weighted by Gasteiger charge is -2.21. The van der Waals surface area contributed by atoms with E-state index in [0.717, 1.165) is 0 Å². The molecule has 0 saturated carbocycles. The van der Waals surface area contributed by atoms with Crippen LogP contribution in [-0.4, -0.2) is 36.3 Å². The van der Waals surface area contributed by atoms with Gasteiger partial charge in [0.25, 0.3) is 0 Å². The van der Waals surface area contributed by atoms with Gasteiger partial charge < -0.3 is 20.9 Å². The van der Waals surface area contributed by atoms with Crippen LogP contribution in [0.5, 0.6) is 5.75 Å². The van der Waals surface area contributed by atoms with E-state index in [1.807, 2.05) is 13.8 Å². The van der Waals surface area contributed by atoms with E-state index in [2.05, 4.69) is 5.32 Å². The van der Waals surface area contributed by atoms with E-state index in [1.54, 1.807) is 24.3 Å². The Hall–Kier alpha value is -1.30. The van der Waals surface area contributed by atoms with Crippen LogP contribution < -0.4 is 15.8 Å². The minimum absolute atomic E-state index is 0.0666. The molecule has 112 valence electrons. The van der Waals surface area contributed by atoms with Crippen molar-refractivity contribution in [2.75, 3.05) is 13.2 Å². The molecule has 6 heteroatoms. The molecule has 2 atom stereocenters. The van der Waals surface area contributed by atoms with Crippen LogP contribution in [0.1, 0.15) is 13.8 Å². The quantitative estimate of drug-likeness (QED) is 0.673. The van der Waals surface area contributed by atoms with E-state index in [4.69, 9.17) is 22.1 Å². The Morgan fingerprint density at radius 2 is 2.00 bits per heavy atom. The number of carbonyl (C=O) groups excluding carboxylic acids is 1. The number of hydrogen-bond donors (Lipinski definition) is 3. The molecule has 0 aliphatic heterocycles. The summed E-state index contributed by atoms with van der Waals surface area (Å²) in [6.07, 6.45) is -0.730. The highest BCUT2D eigenvalue weighted by atomic mass is 35.5. The molecule has 1 amide bonds. The summed E-state index contributed by atoms with van der Waals surface area (Å²) in [5, 5.41) is 13.4. The topological polar surface area (TPSA) is 84.6 Å². The molecule has 0 fully saturated rings. The molecule has 4 N–H and O–H groups in total. The third-order valence-corrected chi connectivity index (χ3v) is 3.05. The summed E-state index contributed by atoms with van der Waals surface area (Å²) >= 11 is 5.76. The molecule has 0 aliphatic rings. The van der Waals surface area contributed by atoms with E-state index < -0.39 is 18.1 Å². The van der Waals surface area contributed by atoms with Gasteiger partial charge in [0.05, 0.1) is 6.04 Å². The van der Waals surface area contributed by atoms with Crippen molar-refractivity contribution in [1.82, 2.24) is 5.32 Å². The predicted octanol–water partition coefficient (Wildman–Crippen LogP) is 1.18. The average Bonchev–Trinajstić information content (AvgIpc) is 2.37. The molecular weight excluding hydrogens is 280 g/mol. The van der Waals surface area contributed by atoms with Crippen molar-refractivity contribution in [2.24, 2.45) is 11.7 Å². The van der Waals surface area contributed by atoms with Crippen molar-refractivity contribution in [3.8, 4) is 5.75 Å². The highest BCUT2D eigenvalue weighted by Gasteiger charge is 2.19. The van der Waals surface area contributed by atoms with Crippen molar-refractivity contribution in [1.29, 1.82) is 0 Å². The number of aliphatic hydroxyl groups is 1. The highest BCUT2D eigenvalue weighted by Crippen LogP contribution is 2.15. The van der Waals surface area contributed by atoms with Gasteiger partial charge in [-0.05, 0) is 30.2 Å². The van der Waals surface area contributed by atoms with E-state index >= 15 is 0 Å². The summed E-state index contributed by atoms with van der Waals surface area (Å²) in [5.74, 6) is 0.270. The van der Waals surface area contributed by atoms with Crippen molar-refractivity contribution < 1.29 is 14.6 Å². The molecule has 0 spiro atoms. The van der Waals surface area contributed by atoms with Gasteiger partial charge in [-0.15, -0.1) is 0 Å². The maximum absolute atomic E-state index is 11.2. The van der Waals surface area contributed by atoms with E-state index in [0.29, 0.717) is 10.8 Å². The lowest BCUT2D eigenvalue weighted by Crippen LogP contribution is -2.48. The number of halogens is 1. The fourth-order valence-electron chi connectivity index (χ4n) is 1.71. The van der Waals surface area contributed by atoms with E-state index in [-0.39, 0.29) is 19.1 Å². The number of benzene rings is 1. The maximum Gasteiger partial charge on any atom is 0.234 e. The Morgan fingerprint density at radius 3 is 2.50 bits per heavy atom. The monoisotopic (exact) mass is 300 g/mol. The number of aliphatic hydroxyl groups excluding tert-OH is 1. The van der Waals surface area contributed by atoms with Crippen LogP contribution in [0.15, 0.2) is 24.3 Å². The molecule has 1 aromatic carbocycles. The molecule has 20 heavy (non-hydrogen) atoms. The predicted molar refractivity (Wildman–Crippen MR) is 78.8 cm³/mol. The lowest BCUT2D eigenvalue weighted by atomic mass is 10.0. The number of rotatable bonds is 8. The Labute approximate surface area is 124 Å². The fraction of sp³-hybridized carbons (Fsp3) is 0.500. The van der Waals surface area contributed by atoms with Crippen LogP contribution in [0.4, 0.5) is 0 Å². The van der Waals surface area contributed by atoms with Gasteiger partial charge in [-0.2, -0.15) is 0 Å². The van der Waals surface area contributed by atoms with Crippen molar-refractivity contribution in [2.45, 2.75) is 26.0 Å². The first-order chi connectivity index (χ1) is 9.40. The standard InChI is InChI=1S/C14H21ClN2O3/c1-9(2)13(14(16)19)17-7-11(18)8-20-12-5-3-10(15)4-6-12/h3-6,9,11,13,17-18H,7-8H2,1-2H3,(H2,16,19). The zero-order valence-electron chi connectivity index (χ0n) is 11.7. The average molecular weight is 301 g/mol. The van der Waals surface area contributed by atoms with Crippen LogP contribution in [-0.2, 0) is 4.79 Å². The second-order valence-electron chi connectivity index (χ2n) is 4.95. The largest absolute Gasteiger partial charge is 0.491 e. The number of nitrogens with one attached hydrogen (secondary N) is 1. The summed E-state index contributed by atoms with van der Waals surface area (Å²) in [6, 6.07) is 6.42. The SMILES string of the molecule is CC(C)C(NCC(O)COc1ccc(Cl)cc1)C(N)=O. The molecule has 5 nitrogen and oxygen atoms in total. The molecule has 2 unspecified atom stereocenters. The van der Waals surface area contributed by atoms with Gasteiger partial charge in [0.2, 0.25) is 5.91 Å². The van der Waals surface area contributed by atoms with E-state index in [1.165, 1.54) is 0 Å². The normalized spacial score (nSPS) is 14.1. The number of carbonyl (C=O) groups is 1. The first-order valence-corrected chi connectivity index (χ1v) is 6.87. The molecule has 1 rings (SSSR count). The van der Waals surface area contributed by atoms with E-state index in [9.17, 15) is 9.90 Å². The molecule has 0 saturated heterocycles. The zero-order valence-corrected chi connectivity index (χ0v) is 12.4. The maximum atomic E-state index is 11.2. The Morgan fingerprint density at radius 1 is 1.40 bits per heavy atom. The first kappa shape index (κ1) is 16.8. The number of amides is 1. The molecule has 0 heterocycles. The van der Waals surface area contributed by atoms with Crippen LogP contribution in [0, 0.1) is 5.92 Å². The van der Waals surface area contributed by atoms with Gasteiger partial charge in [0, 0.05) is 11.6 Å². The second-order valence-corrected chi connectivity index (χ2v) is 5.39. The fourth-order valence-corrected chi connectivity index (χ4v) is 1.84. The Bertz CT molecular complexity index is 423. The van der Waals surface area contributed by atoms with Crippen molar-refractivity contribution in [3.05, 3.63) is 29.3 Å². The molecular formula is C14H21ClN2O3. The zero-order chi connectivity index (χ0) is 15.1. The highest BCUT2D eigenvalue weighted by molar-refractivity contribution is 6.30. The smallest absolute Gasteiger partial charge is 0.234 e. The number of hydrogen-bond acceptors (Lipinski definition) is 4. The number of nitrogens with two attached hydrogens (primary N) is 1. The molecule has 1 aromatic rings. The first-order valence-electron chi connectivity index (χ1n) is 6.49. The van der Waals surface area contributed by atoms with Crippen LogP contribution in [0.3, 0.4) is 0 Å². The van der Waals surface area contributed by atoms with Crippen LogP contribution in [0.2, 0.25) is 5.02 Å². The van der Waals surface area contributed by atoms with Crippen molar-refractivity contribution >= 4 is 17.5 Å². The third-order valence-electron chi connectivity index (χ3n) is 2.80. The summed E-state index contributed by atoms with van der Waals surface area (Å²) in [5.41, 5.74) is 5.28. The molecule has 0 radical (unpaired) electrons. The molecule has 0 aromatic heterocycles. The summed E-state index contributed by atoms with van der Waals surface area (Å²) in [4.78, 5) is 11.2. The van der Waals surface area contributed by atoms with Crippen LogP contribution in [0.25, 0.3) is 0 Å². The van der Waals surface area contributed by atoms with Gasteiger partial charge in [-0.1, -0.05) is 25.4 Å². The Kier molecular flexibility index (Phi) is 6.78. The van der Waals surface area contributed by atoms with Crippen molar-refractivity contribution in [3.63, 3.8) is 0 Å². The number of primary amides is 1. The third kappa shape index (κ3) is 5.77. The number of ether oxygens (including phenoxy) is 1. The Balaban J connectivity index is 2.34. The summed E-state index contributed by atoms with van der Waals surface area (Å²) in [7, 11) is 0. The van der Waals surface area contributed by atoms with Gasteiger partial charge in [-0.3, -0.25) is 4.79 Å². The van der Waals surface area contributed by atoms with Crippen LogP contribution >= 0.6 is 11.6 Å². The minimum atomic E-state index is -0.730. The summed E-state index contributed by atoms with van der Waals surface area (Å²) in [6.45, 7) is 4.13. The second kappa shape index (κ2) is 8.09. The van der Waals surface area contributed by atoms with Gasteiger partial charge in [0.15, 0.2) is 0 Å². The molecule has 0 bridgehead atoms. The lowest BCUT2D eigenvalue weighted by molar-refractivity contribution is -0.121. The van der Waals surface area contributed by atoms with Gasteiger partial charge in [-0.25, -0.2) is 0 Å². The minimum Gasteiger partial charge on any atom is -0.491 e. The van der Waals surface area contributed by atoms with Gasteiger partial charge in [0.1, 0.15) is 18.5 Å². The molecule has 0 aliphatic carbocycles.